The molecule has 0 spiro atoms. The summed E-state index contributed by atoms with van der Waals surface area (Å²) in [5, 5.41) is 4.50. The molecule has 6 aromatic rings. The van der Waals surface area contributed by atoms with E-state index in [9.17, 15) is 23.6 Å². The second-order valence-electron chi connectivity index (χ2n) is 21.2. The van der Waals surface area contributed by atoms with Gasteiger partial charge in [-0.3, -0.25) is 14.0 Å². The van der Waals surface area contributed by atoms with Crippen molar-refractivity contribution in [2.24, 2.45) is 0 Å². The Morgan fingerprint density at radius 1 is 0.573 bits per heavy atom. The standard InChI is InChI=1S/C35H38N2O5S.C32H36N2O5S.C3H3Br.CH3F/c1-5-23-36-33-30(24-43-31(33)13-9-10-14-32(38)42-4)37(34(36)39)35(25-11-7-6-8-12-25,26-15-19-28(40-2)20-16-26)27-17-21-29(41-3)22-18-27;1-37-25-17-13-23(14-18-25)32(22-9-5-4-6-10-22,24-15-19-26(38-2)20-16-24)34-27-21-40-28(30(27)33-31(34)36)11-7-8-12-29(35)39-3;1-2-3-4;1-2/h1,6-8,11-12,15-22,30-31,33H,9-10,13-14,23-24H2,2-4H3;4-6,9-10,13-20,27-28,30H,7-8,11-12,21H2,1-3H3,(H,33,36);1H,3H2;1H3/i;;;1D. The molecule has 6 aromatic carbocycles. The minimum absolute atomic E-state index is 0.00945. The molecule has 4 fully saturated rings. The highest BCUT2D eigenvalue weighted by molar-refractivity contribution is 9.09. The molecule has 0 bridgehead atoms. The number of fused-ring (bicyclic) bond motifs is 2. The molecule has 89 heavy (non-hydrogen) atoms. The smallest absolute Gasteiger partial charge is 0.322 e. The summed E-state index contributed by atoms with van der Waals surface area (Å²) in [5.74, 6) is 9.33. The molecule has 0 aliphatic carbocycles. The van der Waals surface area contributed by atoms with Crippen LogP contribution in [0, 0.1) is 24.7 Å². The number of terminal acetylenes is 2. The predicted molar refractivity (Wildman–Crippen MR) is 356 cm³/mol. The first-order chi connectivity index (χ1) is 43.8. The fourth-order valence-corrected chi connectivity index (χ4v) is 16.0. The monoisotopic (exact) mass is 1310 g/mol. The molecular formula is C71H80BrFN4O10S2. The molecule has 0 saturated carbocycles. The quantitative estimate of drug-likeness (QED) is 0.0163. The van der Waals surface area contributed by atoms with E-state index >= 15 is 0 Å². The molecule has 470 valence electrons. The number of unbranched alkanes of at least 4 members (excludes halogenated alkanes) is 2. The van der Waals surface area contributed by atoms with E-state index in [0.29, 0.717) is 18.2 Å². The van der Waals surface area contributed by atoms with Crippen LogP contribution in [-0.2, 0) is 30.1 Å². The van der Waals surface area contributed by atoms with Crippen LogP contribution in [0.5, 0.6) is 23.0 Å². The Morgan fingerprint density at radius 2 is 0.933 bits per heavy atom. The molecule has 4 saturated heterocycles. The molecule has 0 aromatic heterocycles. The van der Waals surface area contributed by atoms with Crippen molar-refractivity contribution in [3.05, 3.63) is 191 Å². The van der Waals surface area contributed by atoms with E-state index in [0.717, 1.165) is 106 Å². The van der Waals surface area contributed by atoms with Gasteiger partial charge in [-0.2, -0.15) is 23.5 Å². The van der Waals surface area contributed by atoms with Gasteiger partial charge >= 0.3 is 24.0 Å². The van der Waals surface area contributed by atoms with Crippen LogP contribution >= 0.6 is 39.5 Å². The topological polar surface area (TPSA) is 145 Å². The van der Waals surface area contributed by atoms with Crippen molar-refractivity contribution >= 4 is 63.5 Å². The van der Waals surface area contributed by atoms with Gasteiger partial charge in [-0.15, -0.1) is 12.8 Å². The Kier molecular flexibility index (Phi) is 25.4. The third kappa shape index (κ3) is 15.1. The molecule has 4 aliphatic rings. The molecule has 4 heterocycles. The maximum atomic E-state index is 14.8. The first-order valence-electron chi connectivity index (χ1n) is 30.1. The number of nitrogens with one attached hydrogen (secondary N) is 1. The molecule has 18 heteroatoms. The first-order valence-corrected chi connectivity index (χ1v) is 32.6. The van der Waals surface area contributed by atoms with Gasteiger partial charge in [0.25, 0.3) is 0 Å². The van der Waals surface area contributed by atoms with Crippen LogP contribution < -0.4 is 24.3 Å². The van der Waals surface area contributed by atoms with Crippen molar-refractivity contribution in [3.8, 4) is 47.7 Å². The van der Waals surface area contributed by atoms with Crippen molar-refractivity contribution < 1.29 is 53.4 Å². The van der Waals surface area contributed by atoms with Gasteiger partial charge in [0.15, 0.2) is 0 Å². The summed E-state index contributed by atoms with van der Waals surface area (Å²) in [7, 11) is 8.45. The lowest BCUT2D eigenvalue weighted by atomic mass is 9.74. The number of carbonyl (C=O) groups excluding carboxylic acids is 4. The van der Waals surface area contributed by atoms with Gasteiger partial charge in [0.2, 0.25) is 0 Å². The summed E-state index contributed by atoms with van der Waals surface area (Å²) in [6, 6.07) is 52.2. The van der Waals surface area contributed by atoms with Crippen LogP contribution in [-0.4, -0.2) is 147 Å². The molecule has 6 unspecified atom stereocenters. The molecule has 4 aliphatic heterocycles. The van der Waals surface area contributed by atoms with Gasteiger partial charge < -0.3 is 48.4 Å². The van der Waals surface area contributed by atoms with Crippen LogP contribution in [0.15, 0.2) is 158 Å². The Hall–Kier alpha value is -7.77. The number of thioether (sulfide) groups is 2. The van der Waals surface area contributed by atoms with E-state index in [1.807, 2.05) is 113 Å². The summed E-state index contributed by atoms with van der Waals surface area (Å²) < 4.78 is 47.1. The van der Waals surface area contributed by atoms with Gasteiger partial charge in [-0.05, 0) is 108 Å². The number of hydrogen-bond donors (Lipinski definition) is 1. The number of benzene rings is 6. The van der Waals surface area contributed by atoms with Gasteiger partial charge in [0, 0.05) is 34.8 Å². The largest absolute Gasteiger partial charge is 0.497 e. The zero-order valence-electron chi connectivity index (χ0n) is 52.3. The van der Waals surface area contributed by atoms with Crippen molar-refractivity contribution in [1.29, 1.82) is 0 Å². The number of halogens is 2. The van der Waals surface area contributed by atoms with Crippen molar-refractivity contribution in [3.63, 3.8) is 0 Å². The van der Waals surface area contributed by atoms with Crippen molar-refractivity contribution in [1.82, 2.24) is 20.0 Å². The Morgan fingerprint density at radius 3 is 1.30 bits per heavy atom. The normalized spacial score (nSPS) is 18.9. The molecule has 14 nitrogen and oxygen atoms in total. The first kappa shape index (κ1) is 67.2. The Labute approximate surface area is 542 Å². The average molecular weight is 1310 g/mol. The zero-order valence-corrected chi connectivity index (χ0v) is 54.5. The summed E-state index contributed by atoms with van der Waals surface area (Å²) in [6.45, 7) is 0.228. The number of carbonyl (C=O) groups is 4. The molecule has 0 radical (unpaired) electrons. The van der Waals surface area contributed by atoms with E-state index in [4.69, 9.17) is 42.6 Å². The summed E-state index contributed by atoms with van der Waals surface area (Å²) in [5.41, 5.74) is 4.00. The fraction of sp³-hybridized carbons (Fsp3) is 0.380. The van der Waals surface area contributed by atoms with Crippen LogP contribution in [0.25, 0.3) is 0 Å². The Balaban J connectivity index is 0.000000233. The number of methoxy groups -OCH3 is 6. The molecule has 10 rings (SSSR count). The number of alkyl halides is 2. The number of urea groups is 2. The van der Waals surface area contributed by atoms with Crippen LogP contribution in [0.3, 0.4) is 0 Å². The molecular weight excluding hydrogens is 1230 g/mol. The van der Waals surface area contributed by atoms with E-state index in [1.54, 1.807) is 28.4 Å². The zero-order chi connectivity index (χ0) is 64.6. The highest BCUT2D eigenvalue weighted by Crippen LogP contribution is 2.53. The van der Waals surface area contributed by atoms with Crippen molar-refractivity contribution in [2.45, 2.75) is 97.1 Å². The van der Waals surface area contributed by atoms with E-state index in [2.05, 4.69) is 116 Å². The van der Waals surface area contributed by atoms with E-state index in [1.165, 1.54) is 14.2 Å². The number of ether oxygens (including phenoxy) is 6. The fourth-order valence-electron chi connectivity index (χ4n) is 12.7. The average Bonchev–Trinajstić information content (AvgIpc) is 1.48. The second-order valence-corrected chi connectivity index (χ2v) is 24.4. The van der Waals surface area contributed by atoms with E-state index < -0.39 is 18.2 Å². The molecule has 4 amide bonds. The van der Waals surface area contributed by atoms with Crippen LogP contribution in [0.2, 0.25) is 0 Å². The number of hydrogen-bond acceptors (Lipinski definition) is 12. The van der Waals surface area contributed by atoms with Gasteiger partial charge in [-0.25, -0.2) is 9.59 Å². The second kappa shape index (κ2) is 33.7. The lowest BCUT2D eigenvalue weighted by Gasteiger charge is -2.45. The SMILES string of the molecule is C#CCBr.C#CCN1C(=O)N(C(c2ccccc2)(c2ccc(OC)cc2)c2ccc(OC)cc2)C2CSC(CCCCC(=O)OC)C21.COC(=O)CCCCC1SCC2C1NC(=O)N2C(c1ccccc1)(c1ccc(OC)cc1)c1ccc(OC)cc1.[2H]CF. The van der Waals surface area contributed by atoms with Crippen molar-refractivity contribution in [2.75, 3.05) is 73.2 Å². The lowest BCUT2D eigenvalue weighted by Crippen LogP contribution is -2.54. The minimum atomic E-state index is -1.00. The summed E-state index contributed by atoms with van der Waals surface area (Å²) in [6.07, 6.45) is 16.5. The third-order valence-corrected chi connectivity index (χ3v) is 20.0. The number of esters is 2. The minimum Gasteiger partial charge on any atom is -0.497 e. The Bertz CT molecular complexity index is 3230. The lowest BCUT2D eigenvalue weighted by molar-refractivity contribution is -0.141. The van der Waals surface area contributed by atoms with Crippen LogP contribution in [0.1, 0.15) is 86.1 Å². The predicted octanol–water partition coefficient (Wildman–Crippen LogP) is 13.2. The highest BCUT2D eigenvalue weighted by atomic mass is 79.9. The highest BCUT2D eigenvalue weighted by Gasteiger charge is 2.61. The van der Waals surface area contributed by atoms with E-state index in [-0.39, 0.29) is 65.2 Å². The molecule has 1 N–H and O–H groups in total. The molecule has 6 atom stereocenters. The number of rotatable bonds is 23. The number of nitrogens with zero attached hydrogens (tertiary/aromatic N) is 3. The summed E-state index contributed by atoms with van der Waals surface area (Å²) >= 11 is 6.81. The third-order valence-electron chi connectivity index (χ3n) is 16.7. The van der Waals surface area contributed by atoms with Gasteiger partial charge in [0.05, 0.1) is 87.2 Å². The maximum absolute atomic E-state index is 14.8. The number of amides is 4. The van der Waals surface area contributed by atoms with Crippen LogP contribution in [0.4, 0.5) is 14.0 Å². The summed E-state index contributed by atoms with van der Waals surface area (Å²) in [4.78, 5) is 58.1. The van der Waals surface area contributed by atoms with Gasteiger partial charge in [0.1, 0.15) is 34.1 Å². The van der Waals surface area contributed by atoms with Gasteiger partial charge in [-0.1, -0.05) is 150 Å². The maximum Gasteiger partial charge on any atom is 0.322 e.